The molecule has 0 saturated heterocycles. The molecule has 0 spiro atoms. The van der Waals surface area contributed by atoms with Gasteiger partial charge in [0.2, 0.25) is 0 Å². The molecule has 0 saturated carbocycles. The van der Waals surface area contributed by atoms with E-state index in [9.17, 15) is 0 Å². The fourth-order valence-electron chi connectivity index (χ4n) is 5.31. The topological polar surface area (TPSA) is 0 Å². The zero-order valence-corrected chi connectivity index (χ0v) is 20.3. The maximum Gasteiger partial charge on any atom is -0.0103 e. The summed E-state index contributed by atoms with van der Waals surface area (Å²) in [5, 5.41) is 0. The predicted molar refractivity (Wildman–Crippen MR) is 132 cm³/mol. The molecule has 2 aromatic carbocycles. The average molecular weight is 391 g/mol. The van der Waals surface area contributed by atoms with Gasteiger partial charge in [0, 0.05) is 0 Å². The van der Waals surface area contributed by atoms with Crippen LogP contribution in [0.3, 0.4) is 0 Å². The molecule has 0 heterocycles. The van der Waals surface area contributed by atoms with E-state index in [2.05, 4.69) is 79.7 Å². The molecule has 0 atom stereocenters. The van der Waals surface area contributed by atoms with Gasteiger partial charge in [0.1, 0.15) is 0 Å². The molecule has 0 aliphatic rings. The second-order valence-electron chi connectivity index (χ2n) is 7.95. The minimum atomic E-state index is 1.10. The van der Waals surface area contributed by atoms with Gasteiger partial charge in [-0.05, 0) is 108 Å². The highest BCUT2D eigenvalue weighted by atomic mass is 14.2. The Morgan fingerprint density at radius 3 is 1.38 bits per heavy atom. The molecule has 0 fully saturated rings. The third-order valence-electron chi connectivity index (χ3n) is 6.60. The van der Waals surface area contributed by atoms with Crippen LogP contribution in [0, 0.1) is 0 Å². The van der Waals surface area contributed by atoms with E-state index in [1.54, 1.807) is 33.4 Å². The second kappa shape index (κ2) is 10.8. The van der Waals surface area contributed by atoms with Crippen molar-refractivity contribution < 1.29 is 0 Å². The first kappa shape index (κ1) is 23.5. The molecule has 0 aromatic heterocycles. The van der Waals surface area contributed by atoms with Gasteiger partial charge in [-0.3, -0.25) is 0 Å². The minimum absolute atomic E-state index is 1.10. The SMILES string of the molecule is C/C=C/c1c(-c2cc(CC)c(CC)c(CC)c2CC)cc(CC)c(CC)c1CC. The highest BCUT2D eigenvalue weighted by Gasteiger charge is 2.20. The summed E-state index contributed by atoms with van der Waals surface area (Å²) < 4.78 is 0. The normalized spacial score (nSPS) is 11.6. The van der Waals surface area contributed by atoms with E-state index in [0.717, 1.165) is 44.9 Å². The molecule has 0 amide bonds. The van der Waals surface area contributed by atoms with Gasteiger partial charge >= 0.3 is 0 Å². The molecule has 0 N–H and O–H groups in total. The molecule has 0 radical (unpaired) electrons. The lowest BCUT2D eigenvalue weighted by atomic mass is 9.80. The van der Waals surface area contributed by atoms with Crippen molar-refractivity contribution >= 4 is 6.08 Å². The Kier molecular flexibility index (Phi) is 8.75. The van der Waals surface area contributed by atoms with Crippen molar-refractivity contribution in [2.75, 3.05) is 0 Å². The summed E-state index contributed by atoms with van der Waals surface area (Å²) in [5.41, 5.74) is 15.4. The smallest absolute Gasteiger partial charge is 0.0103 e. The molecule has 0 heteroatoms. The monoisotopic (exact) mass is 390 g/mol. The van der Waals surface area contributed by atoms with Crippen LogP contribution in [-0.4, -0.2) is 0 Å². The molecular formula is C29H42. The Labute approximate surface area is 180 Å². The van der Waals surface area contributed by atoms with Crippen LogP contribution in [-0.2, 0) is 44.9 Å². The van der Waals surface area contributed by atoms with Crippen molar-refractivity contribution in [3.63, 3.8) is 0 Å². The largest absolute Gasteiger partial charge is 0.0870 e. The molecule has 2 aromatic rings. The van der Waals surface area contributed by atoms with E-state index < -0.39 is 0 Å². The van der Waals surface area contributed by atoms with Crippen LogP contribution in [0.25, 0.3) is 17.2 Å². The molecular weight excluding hydrogens is 348 g/mol. The highest BCUT2D eigenvalue weighted by Crippen LogP contribution is 2.39. The first-order valence-corrected chi connectivity index (χ1v) is 12.0. The molecule has 0 unspecified atom stereocenters. The molecule has 2 rings (SSSR count). The number of hydrogen-bond donors (Lipinski definition) is 0. The summed E-state index contributed by atoms with van der Waals surface area (Å²) in [6, 6.07) is 5.05. The molecule has 0 aliphatic carbocycles. The third kappa shape index (κ3) is 4.37. The van der Waals surface area contributed by atoms with Crippen molar-refractivity contribution in [2.45, 2.75) is 100 Å². The molecule has 0 aliphatic heterocycles. The Morgan fingerprint density at radius 2 is 0.966 bits per heavy atom. The summed E-state index contributed by atoms with van der Waals surface area (Å²) >= 11 is 0. The van der Waals surface area contributed by atoms with Gasteiger partial charge in [0.25, 0.3) is 0 Å². The lowest BCUT2D eigenvalue weighted by Crippen LogP contribution is -2.08. The fraction of sp³-hybridized carbons (Fsp3) is 0.517. The van der Waals surface area contributed by atoms with Gasteiger partial charge in [0.05, 0.1) is 0 Å². The van der Waals surface area contributed by atoms with Crippen LogP contribution < -0.4 is 0 Å². The van der Waals surface area contributed by atoms with Crippen LogP contribution >= 0.6 is 0 Å². The summed E-state index contributed by atoms with van der Waals surface area (Å²) in [5.74, 6) is 0. The van der Waals surface area contributed by atoms with E-state index in [4.69, 9.17) is 0 Å². The maximum absolute atomic E-state index is 2.53. The van der Waals surface area contributed by atoms with Crippen LogP contribution in [0.1, 0.15) is 99.9 Å². The van der Waals surface area contributed by atoms with Crippen molar-refractivity contribution in [1.82, 2.24) is 0 Å². The Morgan fingerprint density at radius 1 is 0.517 bits per heavy atom. The summed E-state index contributed by atoms with van der Waals surface area (Å²) in [4.78, 5) is 0. The van der Waals surface area contributed by atoms with Gasteiger partial charge < -0.3 is 0 Å². The number of allylic oxidation sites excluding steroid dienone is 1. The van der Waals surface area contributed by atoms with Crippen molar-refractivity contribution in [3.8, 4) is 11.1 Å². The van der Waals surface area contributed by atoms with Gasteiger partial charge in [-0.1, -0.05) is 72.8 Å². The van der Waals surface area contributed by atoms with Crippen molar-refractivity contribution in [3.05, 3.63) is 62.7 Å². The highest BCUT2D eigenvalue weighted by molar-refractivity contribution is 5.82. The molecule has 29 heavy (non-hydrogen) atoms. The Bertz CT molecular complexity index is 865. The second-order valence-corrected chi connectivity index (χ2v) is 7.95. The Balaban J connectivity index is 3.03. The summed E-state index contributed by atoms with van der Waals surface area (Å²) in [6.45, 7) is 18.4. The molecule has 0 nitrogen and oxygen atoms in total. The number of benzene rings is 2. The van der Waals surface area contributed by atoms with Gasteiger partial charge in [-0.15, -0.1) is 0 Å². The van der Waals surface area contributed by atoms with Gasteiger partial charge in [0.15, 0.2) is 0 Å². The molecule has 0 bridgehead atoms. The predicted octanol–water partition coefficient (Wildman–Crippen LogP) is 8.32. The van der Waals surface area contributed by atoms with Gasteiger partial charge in [-0.25, -0.2) is 0 Å². The van der Waals surface area contributed by atoms with Crippen LogP contribution in [0.4, 0.5) is 0 Å². The quantitative estimate of drug-likeness (QED) is 0.404. The number of hydrogen-bond acceptors (Lipinski definition) is 0. The van der Waals surface area contributed by atoms with E-state index in [1.165, 1.54) is 22.3 Å². The Hall–Kier alpha value is -1.82. The van der Waals surface area contributed by atoms with Crippen LogP contribution in [0.5, 0.6) is 0 Å². The van der Waals surface area contributed by atoms with Crippen LogP contribution in [0.15, 0.2) is 18.2 Å². The van der Waals surface area contributed by atoms with Crippen LogP contribution in [0.2, 0.25) is 0 Å². The van der Waals surface area contributed by atoms with E-state index in [0.29, 0.717) is 0 Å². The fourth-order valence-corrected chi connectivity index (χ4v) is 5.31. The summed E-state index contributed by atoms with van der Waals surface area (Å²) in [6.07, 6.45) is 12.4. The van der Waals surface area contributed by atoms with Crippen molar-refractivity contribution in [2.24, 2.45) is 0 Å². The minimum Gasteiger partial charge on any atom is -0.0870 e. The third-order valence-corrected chi connectivity index (χ3v) is 6.60. The number of aryl methyl sites for hydroxylation is 2. The van der Waals surface area contributed by atoms with Gasteiger partial charge in [-0.2, -0.15) is 0 Å². The standard InChI is InChI=1S/C29H42/c1-9-17-27-25(15-7)23(13-5)21(11-3)19-29(27)28-18-20(10-2)22(12-4)24(14-6)26(28)16-8/h9,17-19H,10-16H2,1-8H3/b17-9+. The number of rotatable bonds is 9. The van der Waals surface area contributed by atoms with E-state index in [1.807, 2.05) is 0 Å². The average Bonchev–Trinajstić information content (AvgIpc) is 2.76. The maximum atomic E-state index is 2.53. The zero-order valence-electron chi connectivity index (χ0n) is 20.3. The lowest BCUT2D eigenvalue weighted by Gasteiger charge is -2.25. The van der Waals surface area contributed by atoms with E-state index >= 15 is 0 Å². The first-order chi connectivity index (χ1) is 14.1. The molecule has 158 valence electrons. The zero-order chi connectivity index (χ0) is 21.6. The first-order valence-electron chi connectivity index (χ1n) is 12.0. The summed E-state index contributed by atoms with van der Waals surface area (Å²) in [7, 11) is 0. The lowest BCUT2D eigenvalue weighted by molar-refractivity contribution is 0.944. The van der Waals surface area contributed by atoms with E-state index in [-0.39, 0.29) is 0 Å². The van der Waals surface area contributed by atoms with Crippen molar-refractivity contribution in [1.29, 1.82) is 0 Å².